The van der Waals surface area contributed by atoms with E-state index in [1.54, 1.807) is 9.42 Å². The van der Waals surface area contributed by atoms with Crippen molar-refractivity contribution in [2.24, 2.45) is 0 Å². The summed E-state index contributed by atoms with van der Waals surface area (Å²) in [5.41, 5.74) is 0.913. The Morgan fingerprint density at radius 1 is 1.65 bits per heavy atom. The normalized spacial score (nSPS) is 10.9. The van der Waals surface area contributed by atoms with E-state index in [4.69, 9.17) is 5.11 Å². The SMILES string of the molecule is CCCN(CC(=O)O)c1nn2cc(C)nc2s1. The minimum atomic E-state index is -0.845. The maximum Gasteiger partial charge on any atom is 0.323 e. The van der Waals surface area contributed by atoms with Gasteiger partial charge in [-0.3, -0.25) is 4.79 Å². The summed E-state index contributed by atoms with van der Waals surface area (Å²) in [6.45, 7) is 4.57. The van der Waals surface area contributed by atoms with Crippen molar-refractivity contribution in [1.82, 2.24) is 14.6 Å². The Balaban J connectivity index is 2.27. The third-order valence-electron chi connectivity index (χ3n) is 2.24. The lowest BCUT2D eigenvalue weighted by molar-refractivity contribution is -0.135. The summed E-state index contributed by atoms with van der Waals surface area (Å²) < 4.78 is 1.69. The van der Waals surface area contributed by atoms with Crippen LogP contribution in [0.1, 0.15) is 19.0 Å². The zero-order chi connectivity index (χ0) is 12.4. The van der Waals surface area contributed by atoms with Crippen LogP contribution in [-0.2, 0) is 4.79 Å². The number of hydrogen-bond donors (Lipinski definition) is 1. The third-order valence-corrected chi connectivity index (χ3v) is 3.23. The molecule has 0 atom stereocenters. The average molecular weight is 254 g/mol. The van der Waals surface area contributed by atoms with Crippen LogP contribution >= 0.6 is 11.3 Å². The average Bonchev–Trinajstić information content (AvgIpc) is 2.73. The summed E-state index contributed by atoms with van der Waals surface area (Å²) in [5, 5.41) is 13.9. The molecule has 2 heterocycles. The van der Waals surface area contributed by atoms with Gasteiger partial charge in [0.25, 0.3) is 0 Å². The number of fused-ring (bicyclic) bond motifs is 1. The Morgan fingerprint density at radius 2 is 2.41 bits per heavy atom. The lowest BCUT2D eigenvalue weighted by Gasteiger charge is -2.17. The van der Waals surface area contributed by atoms with E-state index in [-0.39, 0.29) is 6.54 Å². The highest BCUT2D eigenvalue weighted by atomic mass is 32.1. The number of carboxylic acids is 1. The summed E-state index contributed by atoms with van der Waals surface area (Å²) in [4.78, 5) is 17.6. The Morgan fingerprint density at radius 3 is 3.00 bits per heavy atom. The Hall–Kier alpha value is -1.63. The molecule has 2 aromatic heterocycles. The highest BCUT2D eigenvalue weighted by Crippen LogP contribution is 2.23. The van der Waals surface area contributed by atoms with Crippen LogP contribution in [0.15, 0.2) is 6.20 Å². The van der Waals surface area contributed by atoms with Gasteiger partial charge in [-0.15, -0.1) is 5.10 Å². The van der Waals surface area contributed by atoms with Crippen LogP contribution < -0.4 is 4.90 Å². The van der Waals surface area contributed by atoms with E-state index in [0.29, 0.717) is 11.7 Å². The Bertz CT molecular complexity index is 502. The first-order valence-corrected chi connectivity index (χ1v) is 6.21. The van der Waals surface area contributed by atoms with Gasteiger partial charge < -0.3 is 10.0 Å². The van der Waals surface area contributed by atoms with Gasteiger partial charge in [-0.25, -0.2) is 9.50 Å². The van der Waals surface area contributed by atoms with Crippen molar-refractivity contribution in [2.75, 3.05) is 18.0 Å². The number of aromatic nitrogens is 3. The molecule has 0 fully saturated rings. The molecule has 0 aromatic carbocycles. The molecule has 0 saturated heterocycles. The second-order valence-electron chi connectivity index (χ2n) is 3.81. The molecule has 0 unspecified atom stereocenters. The van der Waals surface area contributed by atoms with Gasteiger partial charge in [-0.1, -0.05) is 18.3 Å². The molecule has 2 aromatic rings. The van der Waals surface area contributed by atoms with Crippen LogP contribution in [0.3, 0.4) is 0 Å². The zero-order valence-corrected chi connectivity index (χ0v) is 10.6. The van der Waals surface area contributed by atoms with Gasteiger partial charge in [0.15, 0.2) is 0 Å². The number of anilines is 1. The highest BCUT2D eigenvalue weighted by molar-refractivity contribution is 7.20. The van der Waals surface area contributed by atoms with E-state index < -0.39 is 5.97 Å². The number of hydrogen-bond acceptors (Lipinski definition) is 5. The Kier molecular flexibility index (Phi) is 3.28. The van der Waals surface area contributed by atoms with Crippen molar-refractivity contribution < 1.29 is 9.90 Å². The van der Waals surface area contributed by atoms with E-state index in [1.165, 1.54) is 11.3 Å². The van der Waals surface area contributed by atoms with Gasteiger partial charge in [0.2, 0.25) is 10.1 Å². The van der Waals surface area contributed by atoms with Crippen molar-refractivity contribution in [2.45, 2.75) is 20.3 Å². The van der Waals surface area contributed by atoms with Crippen LogP contribution in [0, 0.1) is 6.92 Å². The topological polar surface area (TPSA) is 70.7 Å². The molecule has 2 rings (SSSR count). The van der Waals surface area contributed by atoms with Crippen molar-refractivity contribution in [3.63, 3.8) is 0 Å². The lowest BCUT2D eigenvalue weighted by Crippen LogP contribution is -2.30. The van der Waals surface area contributed by atoms with E-state index >= 15 is 0 Å². The standard InChI is InChI=1S/C10H14N4O2S/c1-3-4-13(6-8(15)16)10-12-14-5-7(2)11-9(14)17-10/h5H,3-4,6H2,1-2H3,(H,15,16). The van der Waals surface area contributed by atoms with E-state index in [1.807, 2.05) is 20.0 Å². The van der Waals surface area contributed by atoms with E-state index in [9.17, 15) is 4.79 Å². The highest BCUT2D eigenvalue weighted by Gasteiger charge is 2.15. The monoisotopic (exact) mass is 254 g/mol. The molecule has 0 radical (unpaired) electrons. The van der Waals surface area contributed by atoms with Crippen molar-refractivity contribution >= 4 is 27.4 Å². The number of carboxylic acid groups (broad SMARTS) is 1. The predicted molar refractivity (Wildman–Crippen MR) is 65.7 cm³/mol. The molecule has 1 N–H and O–H groups in total. The van der Waals surface area contributed by atoms with Gasteiger partial charge in [0.05, 0.1) is 11.9 Å². The molecule has 92 valence electrons. The molecule has 0 spiro atoms. The third kappa shape index (κ3) is 2.55. The summed E-state index contributed by atoms with van der Waals surface area (Å²) in [7, 11) is 0. The van der Waals surface area contributed by atoms with Crippen molar-refractivity contribution in [1.29, 1.82) is 0 Å². The molecule has 0 aliphatic rings. The molecule has 0 amide bonds. The first-order chi connectivity index (χ1) is 8.10. The van der Waals surface area contributed by atoms with Gasteiger partial charge in [-0.05, 0) is 13.3 Å². The van der Waals surface area contributed by atoms with E-state index in [0.717, 1.165) is 17.1 Å². The predicted octanol–water partition coefficient (Wildman–Crippen LogP) is 1.40. The van der Waals surface area contributed by atoms with Crippen molar-refractivity contribution in [3.05, 3.63) is 11.9 Å². The number of aryl methyl sites for hydroxylation is 1. The first kappa shape index (κ1) is 11.8. The fourth-order valence-electron chi connectivity index (χ4n) is 1.60. The van der Waals surface area contributed by atoms with Crippen LogP contribution in [-0.4, -0.2) is 38.8 Å². The van der Waals surface area contributed by atoms with Gasteiger partial charge in [-0.2, -0.15) is 0 Å². The molecule has 0 bridgehead atoms. The summed E-state index contributed by atoms with van der Waals surface area (Å²) in [6, 6.07) is 0. The fourth-order valence-corrected chi connectivity index (χ4v) is 2.56. The molecular formula is C10H14N4O2S. The number of nitrogens with zero attached hydrogens (tertiary/aromatic N) is 4. The molecular weight excluding hydrogens is 240 g/mol. The fraction of sp³-hybridized carbons (Fsp3) is 0.500. The largest absolute Gasteiger partial charge is 0.480 e. The summed E-state index contributed by atoms with van der Waals surface area (Å²) in [6.07, 6.45) is 2.72. The lowest BCUT2D eigenvalue weighted by atomic mass is 10.4. The molecule has 17 heavy (non-hydrogen) atoms. The van der Waals surface area contributed by atoms with Crippen LogP contribution in [0.5, 0.6) is 0 Å². The molecule has 7 heteroatoms. The summed E-state index contributed by atoms with van der Waals surface area (Å²) in [5.74, 6) is -0.845. The minimum absolute atomic E-state index is 0.0243. The number of aliphatic carboxylic acids is 1. The zero-order valence-electron chi connectivity index (χ0n) is 9.75. The summed E-state index contributed by atoms with van der Waals surface area (Å²) >= 11 is 1.41. The number of rotatable bonds is 5. The van der Waals surface area contributed by atoms with Crippen LogP contribution in [0.4, 0.5) is 5.13 Å². The molecule has 0 aliphatic carbocycles. The second kappa shape index (κ2) is 4.70. The Labute approximate surface area is 103 Å². The minimum Gasteiger partial charge on any atom is -0.480 e. The van der Waals surface area contributed by atoms with Crippen LogP contribution in [0.25, 0.3) is 4.96 Å². The number of imidazole rings is 1. The van der Waals surface area contributed by atoms with Gasteiger partial charge in [0.1, 0.15) is 6.54 Å². The van der Waals surface area contributed by atoms with Crippen LogP contribution in [0.2, 0.25) is 0 Å². The van der Waals surface area contributed by atoms with Gasteiger partial charge >= 0.3 is 5.97 Å². The quantitative estimate of drug-likeness (QED) is 0.873. The maximum atomic E-state index is 10.8. The molecule has 6 nitrogen and oxygen atoms in total. The second-order valence-corrected chi connectivity index (χ2v) is 4.74. The molecule has 0 saturated carbocycles. The van der Waals surface area contributed by atoms with Gasteiger partial charge in [0, 0.05) is 6.54 Å². The molecule has 0 aliphatic heterocycles. The van der Waals surface area contributed by atoms with Crippen molar-refractivity contribution in [3.8, 4) is 0 Å². The first-order valence-electron chi connectivity index (χ1n) is 5.39. The smallest absolute Gasteiger partial charge is 0.323 e. The van der Waals surface area contributed by atoms with E-state index in [2.05, 4.69) is 10.1 Å². The number of carbonyl (C=O) groups is 1. The maximum absolute atomic E-state index is 10.8.